The van der Waals surface area contributed by atoms with Crippen LogP contribution < -0.4 is 5.32 Å². The van der Waals surface area contributed by atoms with E-state index in [2.05, 4.69) is 28.2 Å². The molecule has 0 radical (unpaired) electrons. The van der Waals surface area contributed by atoms with Gasteiger partial charge in [-0.15, -0.1) is 0 Å². The molecule has 1 aliphatic carbocycles. The second kappa shape index (κ2) is 4.52. The highest BCUT2D eigenvalue weighted by molar-refractivity contribution is 9.10. The molecule has 1 N–H and O–H groups in total. The Balaban J connectivity index is 2.04. The lowest BCUT2D eigenvalue weighted by molar-refractivity contribution is -0.137. The van der Waals surface area contributed by atoms with E-state index in [0.717, 1.165) is 30.3 Å². The van der Waals surface area contributed by atoms with Gasteiger partial charge < -0.3 is 5.32 Å². The molecular weight excluding hydrogens is 295 g/mol. The van der Waals surface area contributed by atoms with Crippen molar-refractivity contribution in [2.75, 3.05) is 11.9 Å². The Kier molecular flexibility index (Phi) is 3.39. The maximum Gasteiger partial charge on any atom is 0.416 e. The molecule has 0 aliphatic heterocycles. The summed E-state index contributed by atoms with van der Waals surface area (Å²) in [5, 5.41) is 3.17. The molecule has 2 unspecified atom stereocenters. The SMILES string of the molecule is CC1CC1CNc1ccc(C(F)(F)F)cc1Br. The second-order valence-electron chi connectivity index (χ2n) is 4.55. The predicted molar refractivity (Wildman–Crippen MR) is 64.9 cm³/mol. The van der Waals surface area contributed by atoms with E-state index in [4.69, 9.17) is 0 Å². The van der Waals surface area contributed by atoms with E-state index >= 15 is 0 Å². The summed E-state index contributed by atoms with van der Waals surface area (Å²) in [6.45, 7) is 3.00. The van der Waals surface area contributed by atoms with Crippen molar-refractivity contribution >= 4 is 21.6 Å². The molecule has 1 nitrogen and oxygen atoms in total. The molecule has 1 fully saturated rings. The van der Waals surface area contributed by atoms with E-state index in [-0.39, 0.29) is 0 Å². The quantitative estimate of drug-likeness (QED) is 0.864. The summed E-state index contributed by atoms with van der Waals surface area (Å²) in [6, 6.07) is 3.68. The van der Waals surface area contributed by atoms with Crippen molar-refractivity contribution in [3.63, 3.8) is 0 Å². The lowest BCUT2D eigenvalue weighted by Crippen LogP contribution is -2.08. The second-order valence-corrected chi connectivity index (χ2v) is 5.40. The van der Waals surface area contributed by atoms with E-state index in [1.807, 2.05) is 0 Å². The van der Waals surface area contributed by atoms with Crippen molar-refractivity contribution in [2.24, 2.45) is 11.8 Å². The van der Waals surface area contributed by atoms with Gasteiger partial charge in [-0.1, -0.05) is 6.92 Å². The van der Waals surface area contributed by atoms with Gasteiger partial charge in [-0.2, -0.15) is 13.2 Å². The molecule has 1 aromatic carbocycles. The van der Waals surface area contributed by atoms with Gasteiger partial charge in [0.2, 0.25) is 0 Å². The van der Waals surface area contributed by atoms with Gasteiger partial charge in [-0.3, -0.25) is 0 Å². The van der Waals surface area contributed by atoms with Crippen molar-refractivity contribution in [1.82, 2.24) is 0 Å². The molecular formula is C12H13BrF3N. The number of anilines is 1. The molecule has 1 aromatic rings. The van der Waals surface area contributed by atoms with Gasteiger partial charge in [0.15, 0.2) is 0 Å². The average Bonchev–Trinajstić information content (AvgIpc) is 2.91. The Morgan fingerprint density at radius 1 is 1.41 bits per heavy atom. The molecule has 0 amide bonds. The third-order valence-corrected chi connectivity index (χ3v) is 3.78. The molecule has 94 valence electrons. The largest absolute Gasteiger partial charge is 0.416 e. The zero-order chi connectivity index (χ0) is 12.6. The number of hydrogen-bond acceptors (Lipinski definition) is 1. The van der Waals surface area contributed by atoms with Crippen LogP contribution in [-0.4, -0.2) is 6.54 Å². The topological polar surface area (TPSA) is 12.0 Å². The number of benzene rings is 1. The Bertz CT molecular complexity index is 417. The van der Waals surface area contributed by atoms with Crippen LogP contribution >= 0.6 is 15.9 Å². The average molecular weight is 308 g/mol. The summed E-state index contributed by atoms with van der Waals surface area (Å²) in [6.07, 6.45) is -3.09. The van der Waals surface area contributed by atoms with Crippen molar-refractivity contribution in [3.05, 3.63) is 28.2 Å². The van der Waals surface area contributed by atoms with Gasteiger partial charge in [-0.25, -0.2) is 0 Å². The van der Waals surface area contributed by atoms with Crippen LogP contribution in [-0.2, 0) is 6.18 Å². The summed E-state index contributed by atoms with van der Waals surface area (Å²) in [4.78, 5) is 0. The fourth-order valence-corrected chi connectivity index (χ4v) is 2.28. The minimum Gasteiger partial charge on any atom is -0.384 e. The first-order valence-electron chi connectivity index (χ1n) is 5.48. The van der Waals surface area contributed by atoms with Crippen LogP contribution in [0.15, 0.2) is 22.7 Å². The minimum absolute atomic E-state index is 0.459. The molecule has 0 heterocycles. The molecule has 2 rings (SSSR count). The van der Waals surface area contributed by atoms with E-state index in [1.165, 1.54) is 12.5 Å². The molecule has 2 atom stereocenters. The normalized spacial score (nSPS) is 23.6. The molecule has 0 bridgehead atoms. The van der Waals surface area contributed by atoms with E-state index < -0.39 is 11.7 Å². The van der Waals surface area contributed by atoms with Gasteiger partial charge in [0.05, 0.1) is 5.56 Å². The monoisotopic (exact) mass is 307 g/mol. The smallest absolute Gasteiger partial charge is 0.384 e. The summed E-state index contributed by atoms with van der Waals surface area (Å²) in [5.41, 5.74) is 0.0896. The standard InChI is InChI=1S/C12H13BrF3N/c1-7-4-8(7)6-17-11-3-2-9(5-10(11)13)12(14,15)16/h2-3,5,7-8,17H,4,6H2,1H3. The molecule has 17 heavy (non-hydrogen) atoms. The first-order chi connectivity index (χ1) is 7.88. The number of halogens is 4. The van der Waals surface area contributed by atoms with E-state index in [0.29, 0.717) is 10.4 Å². The lowest BCUT2D eigenvalue weighted by atomic mass is 10.2. The van der Waals surface area contributed by atoms with Crippen molar-refractivity contribution < 1.29 is 13.2 Å². The highest BCUT2D eigenvalue weighted by atomic mass is 79.9. The molecule has 1 aliphatic rings. The summed E-state index contributed by atoms with van der Waals surface area (Å²) in [5.74, 6) is 1.39. The van der Waals surface area contributed by atoms with Crippen molar-refractivity contribution in [1.29, 1.82) is 0 Å². The predicted octanol–water partition coefficient (Wildman–Crippen LogP) is 4.54. The van der Waals surface area contributed by atoms with E-state index in [1.54, 1.807) is 0 Å². The minimum atomic E-state index is -4.29. The Morgan fingerprint density at radius 3 is 2.53 bits per heavy atom. The molecule has 0 spiro atoms. The van der Waals surface area contributed by atoms with Gasteiger partial charge >= 0.3 is 6.18 Å². The van der Waals surface area contributed by atoms with Crippen LogP contribution in [0.5, 0.6) is 0 Å². The first-order valence-corrected chi connectivity index (χ1v) is 6.28. The summed E-state index contributed by atoms with van der Waals surface area (Å²) in [7, 11) is 0. The van der Waals surface area contributed by atoms with Gasteiger partial charge in [0.25, 0.3) is 0 Å². The number of alkyl halides is 3. The highest BCUT2D eigenvalue weighted by Crippen LogP contribution is 2.38. The molecule has 0 saturated heterocycles. The van der Waals surface area contributed by atoms with Gasteiger partial charge in [0.1, 0.15) is 0 Å². The van der Waals surface area contributed by atoms with Crippen LogP contribution in [0.2, 0.25) is 0 Å². The Hall–Kier alpha value is -0.710. The van der Waals surface area contributed by atoms with E-state index in [9.17, 15) is 13.2 Å². The molecule has 1 saturated carbocycles. The van der Waals surface area contributed by atoms with Gasteiger partial charge in [0, 0.05) is 16.7 Å². The highest BCUT2D eigenvalue weighted by Gasteiger charge is 2.33. The molecule has 0 aromatic heterocycles. The summed E-state index contributed by atoms with van der Waals surface area (Å²) >= 11 is 3.16. The van der Waals surface area contributed by atoms with Crippen LogP contribution in [0.4, 0.5) is 18.9 Å². The fourth-order valence-electron chi connectivity index (χ4n) is 1.76. The maximum atomic E-state index is 12.4. The van der Waals surface area contributed by atoms with Crippen LogP contribution in [0, 0.1) is 11.8 Å². The molecule has 5 heteroatoms. The maximum absolute atomic E-state index is 12.4. The fraction of sp³-hybridized carbons (Fsp3) is 0.500. The number of rotatable bonds is 3. The Labute approximate surface area is 107 Å². The van der Waals surface area contributed by atoms with Crippen LogP contribution in [0.1, 0.15) is 18.9 Å². The Morgan fingerprint density at radius 2 is 2.06 bits per heavy atom. The third-order valence-electron chi connectivity index (χ3n) is 3.13. The zero-order valence-electron chi connectivity index (χ0n) is 9.31. The summed E-state index contributed by atoms with van der Waals surface area (Å²) < 4.78 is 37.8. The zero-order valence-corrected chi connectivity index (χ0v) is 10.9. The van der Waals surface area contributed by atoms with Crippen LogP contribution in [0.3, 0.4) is 0 Å². The van der Waals surface area contributed by atoms with Crippen molar-refractivity contribution in [3.8, 4) is 0 Å². The first kappa shape index (κ1) is 12.7. The third kappa shape index (κ3) is 3.15. The lowest BCUT2D eigenvalue weighted by Gasteiger charge is -2.11. The number of hydrogen-bond donors (Lipinski definition) is 1. The van der Waals surface area contributed by atoms with Crippen LogP contribution in [0.25, 0.3) is 0 Å². The van der Waals surface area contributed by atoms with Gasteiger partial charge in [-0.05, 0) is 52.4 Å². The number of nitrogens with one attached hydrogen (secondary N) is 1. The van der Waals surface area contributed by atoms with Crippen molar-refractivity contribution in [2.45, 2.75) is 19.5 Å².